The summed E-state index contributed by atoms with van der Waals surface area (Å²) in [5, 5.41) is 0. The highest BCUT2D eigenvalue weighted by molar-refractivity contribution is 5.49. The predicted octanol–water partition coefficient (Wildman–Crippen LogP) is 3.36. The first-order valence-electron chi connectivity index (χ1n) is 6.36. The van der Waals surface area contributed by atoms with Gasteiger partial charge in [0.15, 0.2) is 0 Å². The van der Waals surface area contributed by atoms with E-state index >= 15 is 0 Å². The molecule has 0 N–H and O–H groups in total. The standard InChI is InChI=1S/C15H21N/c1-2-14-7-9-15(10-8-14)6-5-13-16-11-3-4-12-16/h5-10H,2-4,11-13H2,1H3/b6-5+. The second-order valence-electron chi connectivity index (χ2n) is 4.51. The number of hydrogen-bond donors (Lipinski definition) is 0. The Morgan fingerprint density at radius 1 is 1.12 bits per heavy atom. The molecule has 1 aromatic rings. The van der Waals surface area contributed by atoms with Crippen LogP contribution in [0.3, 0.4) is 0 Å². The molecule has 0 atom stereocenters. The van der Waals surface area contributed by atoms with Crippen molar-refractivity contribution < 1.29 is 0 Å². The average molecular weight is 215 g/mol. The van der Waals surface area contributed by atoms with Gasteiger partial charge in [0, 0.05) is 6.54 Å². The van der Waals surface area contributed by atoms with E-state index in [1.807, 2.05) is 0 Å². The zero-order chi connectivity index (χ0) is 11.2. The topological polar surface area (TPSA) is 3.24 Å². The maximum atomic E-state index is 2.51. The summed E-state index contributed by atoms with van der Waals surface area (Å²) >= 11 is 0. The fraction of sp³-hybridized carbons (Fsp3) is 0.467. The number of benzene rings is 1. The summed E-state index contributed by atoms with van der Waals surface area (Å²) in [5.74, 6) is 0. The summed E-state index contributed by atoms with van der Waals surface area (Å²) in [6, 6.07) is 8.85. The highest BCUT2D eigenvalue weighted by atomic mass is 15.1. The van der Waals surface area contributed by atoms with Crippen molar-refractivity contribution >= 4 is 6.08 Å². The maximum Gasteiger partial charge on any atom is 0.0166 e. The molecule has 0 aromatic heterocycles. The van der Waals surface area contributed by atoms with E-state index in [-0.39, 0.29) is 0 Å². The van der Waals surface area contributed by atoms with E-state index in [1.54, 1.807) is 0 Å². The van der Waals surface area contributed by atoms with Crippen LogP contribution in [0.5, 0.6) is 0 Å². The van der Waals surface area contributed by atoms with Gasteiger partial charge in [-0.05, 0) is 43.5 Å². The Bertz CT molecular complexity index is 331. The highest BCUT2D eigenvalue weighted by Crippen LogP contribution is 2.09. The third-order valence-electron chi connectivity index (χ3n) is 3.26. The van der Waals surface area contributed by atoms with Crippen LogP contribution >= 0.6 is 0 Å². The van der Waals surface area contributed by atoms with Crippen molar-refractivity contribution in [2.24, 2.45) is 0 Å². The molecule has 16 heavy (non-hydrogen) atoms. The summed E-state index contributed by atoms with van der Waals surface area (Å²) < 4.78 is 0. The number of hydrogen-bond acceptors (Lipinski definition) is 1. The first-order valence-corrected chi connectivity index (χ1v) is 6.36. The summed E-state index contributed by atoms with van der Waals surface area (Å²) in [7, 11) is 0. The van der Waals surface area contributed by atoms with Crippen LogP contribution in [0.25, 0.3) is 6.08 Å². The lowest BCUT2D eigenvalue weighted by Gasteiger charge is -2.10. The van der Waals surface area contributed by atoms with E-state index in [4.69, 9.17) is 0 Å². The molecule has 0 radical (unpaired) electrons. The Labute approximate surface area is 98.8 Å². The summed E-state index contributed by atoms with van der Waals surface area (Å²) in [6.07, 6.45) is 8.39. The molecule has 0 aliphatic carbocycles. The number of rotatable bonds is 4. The van der Waals surface area contributed by atoms with Gasteiger partial charge < -0.3 is 0 Å². The summed E-state index contributed by atoms with van der Waals surface area (Å²) in [6.45, 7) is 5.85. The lowest BCUT2D eigenvalue weighted by molar-refractivity contribution is 0.378. The van der Waals surface area contributed by atoms with Crippen molar-refractivity contribution in [3.05, 3.63) is 41.5 Å². The fourth-order valence-electron chi connectivity index (χ4n) is 2.17. The van der Waals surface area contributed by atoms with Crippen LogP contribution in [-0.2, 0) is 6.42 Å². The van der Waals surface area contributed by atoms with E-state index in [0.29, 0.717) is 0 Å². The molecule has 1 aromatic carbocycles. The van der Waals surface area contributed by atoms with Crippen LogP contribution in [0.1, 0.15) is 30.9 Å². The van der Waals surface area contributed by atoms with Crippen LogP contribution in [0.15, 0.2) is 30.3 Å². The largest absolute Gasteiger partial charge is 0.300 e. The second-order valence-corrected chi connectivity index (χ2v) is 4.51. The molecule has 0 saturated carbocycles. The average Bonchev–Trinajstić information content (AvgIpc) is 2.83. The molecule has 0 unspecified atom stereocenters. The molecular formula is C15H21N. The molecule has 1 nitrogen and oxygen atoms in total. The van der Waals surface area contributed by atoms with Crippen molar-refractivity contribution in [3.63, 3.8) is 0 Å². The van der Waals surface area contributed by atoms with Gasteiger partial charge in [0.25, 0.3) is 0 Å². The molecule has 1 heteroatoms. The first kappa shape index (κ1) is 11.4. The van der Waals surface area contributed by atoms with Crippen LogP contribution in [-0.4, -0.2) is 24.5 Å². The second kappa shape index (κ2) is 5.86. The quantitative estimate of drug-likeness (QED) is 0.744. The van der Waals surface area contributed by atoms with Gasteiger partial charge in [-0.3, -0.25) is 4.90 Å². The molecule has 0 spiro atoms. The molecule has 86 valence electrons. The smallest absolute Gasteiger partial charge is 0.0166 e. The van der Waals surface area contributed by atoms with Gasteiger partial charge in [-0.15, -0.1) is 0 Å². The van der Waals surface area contributed by atoms with Crippen molar-refractivity contribution in [2.75, 3.05) is 19.6 Å². The monoisotopic (exact) mass is 215 g/mol. The zero-order valence-electron chi connectivity index (χ0n) is 10.2. The van der Waals surface area contributed by atoms with Gasteiger partial charge in [0.05, 0.1) is 0 Å². The Hall–Kier alpha value is -1.08. The van der Waals surface area contributed by atoms with Crippen molar-refractivity contribution in [3.8, 4) is 0 Å². The summed E-state index contributed by atoms with van der Waals surface area (Å²) in [4.78, 5) is 2.51. The molecule has 2 rings (SSSR count). The molecule has 0 bridgehead atoms. The molecule has 1 aliphatic rings. The highest BCUT2D eigenvalue weighted by Gasteiger charge is 2.08. The zero-order valence-corrected chi connectivity index (χ0v) is 10.2. The van der Waals surface area contributed by atoms with E-state index < -0.39 is 0 Å². The SMILES string of the molecule is CCc1ccc(/C=C/CN2CCCC2)cc1. The van der Waals surface area contributed by atoms with Crippen LogP contribution in [0.2, 0.25) is 0 Å². The van der Waals surface area contributed by atoms with Crippen molar-refractivity contribution in [1.82, 2.24) is 4.90 Å². The fourth-order valence-corrected chi connectivity index (χ4v) is 2.17. The third kappa shape index (κ3) is 3.21. The van der Waals surface area contributed by atoms with Crippen molar-refractivity contribution in [1.29, 1.82) is 0 Å². The molecule has 0 amide bonds. The maximum absolute atomic E-state index is 2.51. The van der Waals surface area contributed by atoms with Crippen molar-refractivity contribution in [2.45, 2.75) is 26.2 Å². The molecule has 1 heterocycles. The Kier molecular flexibility index (Phi) is 4.17. The van der Waals surface area contributed by atoms with E-state index in [2.05, 4.69) is 48.2 Å². The summed E-state index contributed by atoms with van der Waals surface area (Å²) in [5.41, 5.74) is 2.73. The van der Waals surface area contributed by atoms with Crippen LogP contribution < -0.4 is 0 Å². The van der Waals surface area contributed by atoms with E-state index in [1.165, 1.54) is 37.1 Å². The lowest BCUT2D eigenvalue weighted by atomic mass is 10.1. The van der Waals surface area contributed by atoms with Crippen LogP contribution in [0.4, 0.5) is 0 Å². The minimum Gasteiger partial charge on any atom is -0.300 e. The van der Waals surface area contributed by atoms with Gasteiger partial charge in [0.2, 0.25) is 0 Å². The van der Waals surface area contributed by atoms with E-state index in [9.17, 15) is 0 Å². The van der Waals surface area contributed by atoms with Gasteiger partial charge in [-0.25, -0.2) is 0 Å². The number of nitrogens with zero attached hydrogens (tertiary/aromatic N) is 1. The van der Waals surface area contributed by atoms with Crippen LogP contribution in [0, 0.1) is 0 Å². The Morgan fingerprint density at radius 2 is 1.81 bits per heavy atom. The third-order valence-corrected chi connectivity index (χ3v) is 3.26. The van der Waals surface area contributed by atoms with Gasteiger partial charge in [0.1, 0.15) is 0 Å². The normalized spacial score (nSPS) is 17.3. The molecule has 1 aliphatic heterocycles. The molecule has 1 fully saturated rings. The van der Waals surface area contributed by atoms with Gasteiger partial charge >= 0.3 is 0 Å². The molecule has 1 saturated heterocycles. The predicted molar refractivity (Wildman–Crippen MR) is 70.5 cm³/mol. The minimum atomic E-state index is 1.11. The Balaban J connectivity index is 1.84. The number of aryl methyl sites for hydroxylation is 1. The minimum absolute atomic E-state index is 1.11. The Morgan fingerprint density at radius 3 is 2.44 bits per heavy atom. The first-order chi connectivity index (χ1) is 7.88. The number of likely N-dealkylation sites (tertiary alicyclic amines) is 1. The van der Waals surface area contributed by atoms with Gasteiger partial charge in [-0.2, -0.15) is 0 Å². The van der Waals surface area contributed by atoms with E-state index in [0.717, 1.165) is 13.0 Å². The molecular weight excluding hydrogens is 194 g/mol. The lowest BCUT2D eigenvalue weighted by Crippen LogP contribution is -2.18. The van der Waals surface area contributed by atoms with Gasteiger partial charge in [-0.1, -0.05) is 43.3 Å².